The van der Waals surface area contributed by atoms with Gasteiger partial charge in [0.15, 0.2) is 12.6 Å². The summed E-state index contributed by atoms with van der Waals surface area (Å²) in [6.07, 6.45) is 0. The number of esters is 1. The number of hydrogen-bond acceptors (Lipinski definition) is 5. The van der Waals surface area contributed by atoms with Crippen molar-refractivity contribution >= 4 is 69.9 Å². The van der Waals surface area contributed by atoms with Gasteiger partial charge in [0.2, 0.25) is 0 Å². The van der Waals surface area contributed by atoms with Gasteiger partial charge >= 0.3 is 5.97 Å². The maximum atomic E-state index is 12.1. The molecule has 0 radical (unpaired) electrons. The summed E-state index contributed by atoms with van der Waals surface area (Å²) in [6, 6.07) is 8.03. The van der Waals surface area contributed by atoms with Crippen LogP contribution in [0.1, 0.15) is 10.4 Å². The number of amides is 2. The van der Waals surface area contributed by atoms with Crippen LogP contribution in [-0.4, -0.2) is 42.1 Å². The van der Waals surface area contributed by atoms with Gasteiger partial charge in [-0.15, -0.1) is 0 Å². The lowest BCUT2D eigenvalue weighted by Crippen LogP contribution is -2.45. The molecule has 3 N–H and O–H groups in total. The smallest absolute Gasteiger partial charge is 0.331 e. The van der Waals surface area contributed by atoms with Crippen molar-refractivity contribution in [2.24, 2.45) is 0 Å². The zero-order chi connectivity index (χ0) is 21.6. The number of aliphatic hydroxyl groups excluding tert-OH is 1. The van der Waals surface area contributed by atoms with Crippen LogP contribution in [0.2, 0.25) is 20.1 Å². The lowest BCUT2D eigenvalue weighted by atomic mass is 10.2. The molecule has 0 aromatic heterocycles. The van der Waals surface area contributed by atoms with Gasteiger partial charge in [-0.05, 0) is 18.2 Å². The third kappa shape index (κ3) is 6.22. The summed E-state index contributed by atoms with van der Waals surface area (Å²) < 4.78 is 4.83. The molecule has 2 aromatic rings. The fourth-order valence-electron chi connectivity index (χ4n) is 2.11. The molecule has 0 aliphatic rings. The number of ether oxygens (including phenoxy) is 1. The van der Waals surface area contributed by atoms with Crippen molar-refractivity contribution in [3.63, 3.8) is 0 Å². The molecule has 1 unspecified atom stereocenters. The normalized spacial score (nSPS) is 11.5. The van der Waals surface area contributed by atoms with E-state index in [-0.39, 0.29) is 25.8 Å². The van der Waals surface area contributed by atoms with E-state index in [0.717, 1.165) is 0 Å². The maximum Gasteiger partial charge on any atom is 0.331 e. The number of hydrogen-bond donors (Lipinski definition) is 3. The van der Waals surface area contributed by atoms with Crippen molar-refractivity contribution in [2.75, 3.05) is 18.5 Å². The summed E-state index contributed by atoms with van der Waals surface area (Å²) in [5, 5.41) is 14.1. The van der Waals surface area contributed by atoms with Gasteiger partial charge in [-0.3, -0.25) is 9.59 Å². The van der Waals surface area contributed by atoms with Crippen LogP contribution in [0.25, 0.3) is 0 Å². The largest absolute Gasteiger partial charge is 0.454 e. The summed E-state index contributed by atoms with van der Waals surface area (Å²) >= 11 is 23.7. The average molecular weight is 480 g/mol. The number of carbonyl (C=O) groups excluding carboxylic acids is 3. The second-order valence-corrected chi connectivity index (χ2v) is 7.14. The molecular formula is C18H14Cl4N2O5. The van der Waals surface area contributed by atoms with Crippen molar-refractivity contribution in [1.29, 1.82) is 0 Å². The molecule has 154 valence electrons. The SMILES string of the molecule is O=C(COC(=O)C(CO)NC(=O)c1ccccc1)Nc1c(Cl)c(Cl)cc(Cl)c1Cl. The molecule has 29 heavy (non-hydrogen) atoms. The standard InChI is InChI=1S/C18H14Cl4N2O5/c19-10-6-11(20)15(22)16(14(10)21)24-13(26)8-29-18(28)12(7-25)23-17(27)9-4-2-1-3-5-9/h1-6,12,25H,7-8H2,(H,23,27)(H,24,26). The van der Waals surface area contributed by atoms with Crippen LogP contribution in [0.5, 0.6) is 0 Å². The fourth-order valence-corrected chi connectivity index (χ4v) is 3.01. The van der Waals surface area contributed by atoms with Gasteiger partial charge in [-0.1, -0.05) is 64.6 Å². The quantitative estimate of drug-likeness (QED) is 0.416. The number of benzene rings is 2. The first-order chi connectivity index (χ1) is 13.7. The van der Waals surface area contributed by atoms with Gasteiger partial charge in [0.05, 0.1) is 32.4 Å². The first kappa shape index (κ1) is 23.3. The third-order valence-electron chi connectivity index (χ3n) is 3.53. The topological polar surface area (TPSA) is 105 Å². The van der Waals surface area contributed by atoms with Gasteiger partial charge in [-0.25, -0.2) is 4.79 Å². The fraction of sp³-hybridized carbons (Fsp3) is 0.167. The predicted molar refractivity (Wildman–Crippen MR) is 111 cm³/mol. The minimum absolute atomic E-state index is 0.0379. The highest BCUT2D eigenvalue weighted by Crippen LogP contribution is 2.40. The Kier molecular flexibility index (Phi) is 8.55. The number of anilines is 1. The Morgan fingerprint density at radius 3 is 2.14 bits per heavy atom. The molecule has 0 saturated heterocycles. The van der Waals surface area contributed by atoms with E-state index < -0.39 is 37.0 Å². The molecule has 2 amide bonds. The first-order valence-electron chi connectivity index (χ1n) is 8.00. The van der Waals surface area contributed by atoms with Gasteiger partial charge in [0, 0.05) is 5.56 Å². The van der Waals surface area contributed by atoms with Crippen molar-refractivity contribution < 1.29 is 24.2 Å². The molecule has 0 heterocycles. The number of rotatable bonds is 7. The minimum atomic E-state index is -1.36. The van der Waals surface area contributed by atoms with Crippen LogP contribution >= 0.6 is 46.4 Å². The van der Waals surface area contributed by atoms with E-state index in [1.54, 1.807) is 18.2 Å². The van der Waals surface area contributed by atoms with Crippen LogP contribution < -0.4 is 10.6 Å². The number of aliphatic hydroxyl groups is 1. The Morgan fingerprint density at radius 2 is 1.59 bits per heavy atom. The van der Waals surface area contributed by atoms with Crippen molar-refractivity contribution in [2.45, 2.75) is 6.04 Å². The Labute approximate surface area is 185 Å². The predicted octanol–water partition coefficient (Wildman–Crippen LogP) is 3.57. The lowest BCUT2D eigenvalue weighted by Gasteiger charge is -2.16. The zero-order valence-corrected chi connectivity index (χ0v) is 17.6. The molecular weight excluding hydrogens is 466 g/mol. The number of halogens is 4. The molecule has 11 heteroatoms. The molecule has 2 rings (SSSR count). The summed E-state index contributed by atoms with van der Waals surface area (Å²) in [4.78, 5) is 36.2. The Bertz CT molecular complexity index is 898. The minimum Gasteiger partial charge on any atom is -0.454 e. The van der Waals surface area contributed by atoms with Crippen LogP contribution in [0, 0.1) is 0 Å². The Hall–Kier alpha value is -2.03. The average Bonchev–Trinajstić information content (AvgIpc) is 2.72. The van der Waals surface area contributed by atoms with Gasteiger partial charge < -0.3 is 20.5 Å². The van der Waals surface area contributed by atoms with E-state index in [9.17, 15) is 19.5 Å². The van der Waals surface area contributed by atoms with Crippen molar-refractivity contribution in [1.82, 2.24) is 5.32 Å². The summed E-state index contributed by atoms with van der Waals surface area (Å²) in [5.74, 6) is -2.38. The maximum absolute atomic E-state index is 12.1. The first-order valence-corrected chi connectivity index (χ1v) is 9.52. The molecule has 0 aliphatic carbocycles. The summed E-state index contributed by atoms with van der Waals surface area (Å²) in [6.45, 7) is -1.45. The van der Waals surface area contributed by atoms with Crippen LogP contribution in [-0.2, 0) is 14.3 Å². The molecule has 1 atom stereocenters. The second-order valence-electron chi connectivity index (χ2n) is 5.57. The molecule has 0 fully saturated rings. The van der Waals surface area contributed by atoms with E-state index in [1.165, 1.54) is 18.2 Å². The molecule has 2 aromatic carbocycles. The van der Waals surface area contributed by atoms with Crippen molar-refractivity contribution in [3.05, 3.63) is 62.1 Å². The molecule has 0 aliphatic heterocycles. The van der Waals surface area contributed by atoms with Crippen molar-refractivity contribution in [3.8, 4) is 0 Å². The van der Waals surface area contributed by atoms with E-state index in [1.807, 2.05) is 0 Å². The van der Waals surface area contributed by atoms with E-state index in [0.29, 0.717) is 5.56 Å². The van der Waals surface area contributed by atoms with E-state index in [2.05, 4.69) is 10.6 Å². The molecule has 0 spiro atoms. The van der Waals surface area contributed by atoms with Gasteiger partial charge in [-0.2, -0.15) is 0 Å². The highest BCUT2D eigenvalue weighted by atomic mass is 35.5. The Morgan fingerprint density at radius 1 is 1.00 bits per heavy atom. The van der Waals surface area contributed by atoms with Crippen LogP contribution in [0.3, 0.4) is 0 Å². The Balaban J connectivity index is 1.95. The monoisotopic (exact) mass is 478 g/mol. The molecule has 7 nitrogen and oxygen atoms in total. The number of carbonyl (C=O) groups is 3. The lowest BCUT2D eigenvalue weighted by molar-refractivity contribution is -0.150. The third-order valence-corrected chi connectivity index (χ3v) is 5.10. The van der Waals surface area contributed by atoms with E-state index in [4.69, 9.17) is 51.1 Å². The summed E-state index contributed by atoms with van der Waals surface area (Å²) in [7, 11) is 0. The molecule has 0 bridgehead atoms. The highest BCUT2D eigenvalue weighted by molar-refractivity contribution is 6.50. The molecule has 0 saturated carbocycles. The summed E-state index contributed by atoms with van der Waals surface area (Å²) in [5.41, 5.74) is 0.251. The second kappa shape index (κ2) is 10.7. The zero-order valence-electron chi connectivity index (χ0n) is 14.5. The van der Waals surface area contributed by atoms with Gasteiger partial charge in [0.25, 0.3) is 11.8 Å². The number of nitrogens with one attached hydrogen (secondary N) is 2. The van der Waals surface area contributed by atoms with Crippen LogP contribution in [0.15, 0.2) is 36.4 Å². The van der Waals surface area contributed by atoms with Crippen LogP contribution in [0.4, 0.5) is 5.69 Å². The highest BCUT2D eigenvalue weighted by Gasteiger charge is 2.23. The van der Waals surface area contributed by atoms with Gasteiger partial charge in [0.1, 0.15) is 0 Å². The van der Waals surface area contributed by atoms with E-state index >= 15 is 0 Å².